The van der Waals surface area contributed by atoms with Crippen LogP contribution < -0.4 is 0 Å². The van der Waals surface area contributed by atoms with Gasteiger partial charge in [0, 0.05) is 0 Å². The molecule has 0 aromatic rings. The predicted molar refractivity (Wildman–Crippen MR) is 97.0 cm³/mol. The minimum absolute atomic E-state index is 0.614. The van der Waals surface area contributed by atoms with E-state index in [1.165, 1.54) is 16.7 Å². The van der Waals surface area contributed by atoms with Crippen LogP contribution in [-0.4, -0.2) is 21.9 Å². The van der Waals surface area contributed by atoms with E-state index < -0.39 is 11.7 Å². The minimum Gasteiger partial charge on any atom is -0.390 e. The van der Waals surface area contributed by atoms with Crippen LogP contribution in [0, 0.1) is 0 Å². The lowest BCUT2D eigenvalue weighted by molar-refractivity contribution is -0.0509. The molecule has 0 fully saturated rings. The Balaban J connectivity index is 3.99. The van der Waals surface area contributed by atoms with Gasteiger partial charge in [-0.2, -0.15) is 0 Å². The van der Waals surface area contributed by atoms with Crippen molar-refractivity contribution in [2.45, 2.75) is 91.8 Å². The van der Waals surface area contributed by atoms with Gasteiger partial charge in [-0.25, -0.2) is 0 Å². The number of aliphatic hydroxyl groups is 2. The van der Waals surface area contributed by atoms with Crippen molar-refractivity contribution in [1.29, 1.82) is 0 Å². The first kappa shape index (κ1) is 21.1. The van der Waals surface area contributed by atoms with Crippen molar-refractivity contribution in [3.05, 3.63) is 34.9 Å². The molecule has 22 heavy (non-hydrogen) atoms. The molecule has 0 radical (unpaired) electrons. The van der Waals surface area contributed by atoms with E-state index in [-0.39, 0.29) is 0 Å². The van der Waals surface area contributed by atoms with Crippen LogP contribution in [0.25, 0.3) is 0 Å². The minimum atomic E-state index is -1.01. The maximum Gasteiger partial charge on any atom is 0.0849 e. The highest BCUT2D eigenvalue weighted by molar-refractivity contribution is 5.04. The quantitative estimate of drug-likeness (QED) is 0.424. The summed E-state index contributed by atoms with van der Waals surface area (Å²) in [4.78, 5) is 0. The van der Waals surface area contributed by atoms with Gasteiger partial charge in [-0.15, -0.1) is 0 Å². The highest BCUT2D eigenvalue weighted by Gasteiger charge is 2.23. The Labute approximate surface area is 137 Å². The number of allylic oxidation sites excluding steroid dienone is 6. The van der Waals surface area contributed by atoms with Gasteiger partial charge in [0.05, 0.1) is 11.7 Å². The molecule has 0 heterocycles. The van der Waals surface area contributed by atoms with Crippen LogP contribution in [0.2, 0.25) is 0 Å². The second kappa shape index (κ2) is 10.8. The first-order valence-electron chi connectivity index (χ1n) is 8.48. The summed E-state index contributed by atoms with van der Waals surface area (Å²) in [5.74, 6) is 0. The Morgan fingerprint density at radius 2 is 1.36 bits per heavy atom. The average Bonchev–Trinajstić information content (AvgIpc) is 2.39. The highest BCUT2D eigenvalue weighted by Crippen LogP contribution is 2.17. The monoisotopic (exact) mass is 308 g/mol. The van der Waals surface area contributed by atoms with Crippen molar-refractivity contribution >= 4 is 0 Å². The Hall–Kier alpha value is -0.860. The van der Waals surface area contributed by atoms with Gasteiger partial charge in [0.2, 0.25) is 0 Å². The third-order valence-electron chi connectivity index (χ3n) is 3.87. The molecule has 0 spiro atoms. The molecule has 0 rings (SSSR count). The SMILES string of the molecule is CC(C)=CCC/C(C)=C/CC/C=C(\C)CC[C@@H](O)C(C)(C)O. The van der Waals surface area contributed by atoms with Gasteiger partial charge < -0.3 is 10.2 Å². The second-order valence-electron chi connectivity index (χ2n) is 7.21. The molecule has 1 atom stereocenters. The van der Waals surface area contributed by atoms with Crippen LogP contribution in [0.1, 0.15) is 80.1 Å². The molecule has 2 nitrogen and oxygen atoms in total. The fourth-order valence-electron chi connectivity index (χ4n) is 2.17. The summed E-state index contributed by atoms with van der Waals surface area (Å²) in [6.07, 6.45) is 12.1. The van der Waals surface area contributed by atoms with Crippen molar-refractivity contribution in [3.63, 3.8) is 0 Å². The molecule has 0 aliphatic carbocycles. The Kier molecular flexibility index (Phi) is 10.4. The smallest absolute Gasteiger partial charge is 0.0849 e. The zero-order valence-corrected chi connectivity index (χ0v) is 15.4. The van der Waals surface area contributed by atoms with Gasteiger partial charge in [-0.1, -0.05) is 34.9 Å². The van der Waals surface area contributed by atoms with Crippen molar-refractivity contribution in [1.82, 2.24) is 0 Å². The van der Waals surface area contributed by atoms with Gasteiger partial charge >= 0.3 is 0 Å². The summed E-state index contributed by atoms with van der Waals surface area (Å²) >= 11 is 0. The average molecular weight is 309 g/mol. The normalized spacial score (nSPS) is 14.9. The summed E-state index contributed by atoms with van der Waals surface area (Å²) in [6, 6.07) is 0. The molecule has 0 unspecified atom stereocenters. The third-order valence-corrected chi connectivity index (χ3v) is 3.87. The second-order valence-corrected chi connectivity index (χ2v) is 7.21. The summed E-state index contributed by atoms with van der Waals surface area (Å²) in [7, 11) is 0. The Morgan fingerprint density at radius 3 is 1.82 bits per heavy atom. The fourth-order valence-corrected chi connectivity index (χ4v) is 2.17. The van der Waals surface area contributed by atoms with Crippen LogP contribution in [0.3, 0.4) is 0 Å². The van der Waals surface area contributed by atoms with Crippen LogP contribution in [0.4, 0.5) is 0 Å². The first-order valence-corrected chi connectivity index (χ1v) is 8.48. The standard InChI is InChI=1S/C20H36O2/c1-16(2)10-9-13-17(3)11-7-8-12-18(4)14-15-19(21)20(5,6)22/h10-12,19,21-22H,7-9,13-15H2,1-6H3/b17-11+,18-12+/t19-/m1/s1. The van der Waals surface area contributed by atoms with E-state index in [4.69, 9.17) is 0 Å². The zero-order valence-electron chi connectivity index (χ0n) is 15.4. The Bertz CT molecular complexity index is 390. The largest absolute Gasteiger partial charge is 0.390 e. The van der Waals surface area contributed by atoms with Crippen LogP contribution in [0.15, 0.2) is 34.9 Å². The van der Waals surface area contributed by atoms with Crippen molar-refractivity contribution < 1.29 is 10.2 Å². The lowest BCUT2D eigenvalue weighted by Crippen LogP contribution is -2.35. The fraction of sp³-hybridized carbons (Fsp3) is 0.700. The van der Waals surface area contributed by atoms with Gasteiger partial charge in [0.1, 0.15) is 0 Å². The summed E-state index contributed by atoms with van der Waals surface area (Å²) in [6.45, 7) is 11.9. The topological polar surface area (TPSA) is 40.5 Å². The first-order chi connectivity index (χ1) is 10.1. The van der Waals surface area contributed by atoms with E-state index in [1.807, 2.05) is 0 Å². The van der Waals surface area contributed by atoms with Crippen molar-refractivity contribution in [3.8, 4) is 0 Å². The van der Waals surface area contributed by atoms with Crippen LogP contribution in [0.5, 0.6) is 0 Å². The summed E-state index contributed by atoms with van der Waals surface area (Å²) in [5, 5.41) is 19.5. The molecule has 2 N–H and O–H groups in total. The molecule has 128 valence electrons. The number of unbranched alkanes of at least 4 members (excludes halogenated alkanes) is 1. The molecule has 0 amide bonds. The molecule has 0 bridgehead atoms. The molecular weight excluding hydrogens is 272 g/mol. The van der Waals surface area contributed by atoms with Crippen molar-refractivity contribution in [2.24, 2.45) is 0 Å². The van der Waals surface area contributed by atoms with E-state index in [2.05, 4.69) is 45.9 Å². The van der Waals surface area contributed by atoms with E-state index in [9.17, 15) is 10.2 Å². The summed E-state index contributed by atoms with van der Waals surface area (Å²) in [5.41, 5.74) is 3.13. The molecule has 2 heteroatoms. The van der Waals surface area contributed by atoms with E-state index in [1.54, 1.807) is 13.8 Å². The maximum absolute atomic E-state index is 9.81. The van der Waals surface area contributed by atoms with E-state index in [0.29, 0.717) is 6.42 Å². The molecule has 0 aliphatic rings. The van der Waals surface area contributed by atoms with E-state index in [0.717, 1.165) is 32.1 Å². The number of hydrogen-bond donors (Lipinski definition) is 2. The Morgan fingerprint density at radius 1 is 0.864 bits per heavy atom. The molecule has 0 aromatic carbocycles. The van der Waals surface area contributed by atoms with Crippen molar-refractivity contribution in [2.75, 3.05) is 0 Å². The number of rotatable bonds is 10. The number of hydrogen-bond acceptors (Lipinski definition) is 2. The summed E-state index contributed by atoms with van der Waals surface area (Å²) < 4.78 is 0. The molecular formula is C20H36O2. The predicted octanol–water partition coefficient (Wildman–Crippen LogP) is 5.32. The lowest BCUT2D eigenvalue weighted by Gasteiger charge is -2.24. The molecule has 0 aromatic heterocycles. The van der Waals surface area contributed by atoms with Crippen LogP contribution >= 0.6 is 0 Å². The molecule has 0 saturated carbocycles. The van der Waals surface area contributed by atoms with Gasteiger partial charge in [-0.05, 0) is 80.1 Å². The van der Waals surface area contributed by atoms with Gasteiger partial charge in [-0.3, -0.25) is 0 Å². The number of aliphatic hydroxyl groups excluding tert-OH is 1. The molecule has 0 aliphatic heterocycles. The third kappa shape index (κ3) is 11.8. The van der Waals surface area contributed by atoms with Crippen LogP contribution in [-0.2, 0) is 0 Å². The van der Waals surface area contributed by atoms with Gasteiger partial charge in [0.15, 0.2) is 0 Å². The van der Waals surface area contributed by atoms with Gasteiger partial charge in [0.25, 0.3) is 0 Å². The zero-order chi connectivity index (χ0) is 17.2. The lowest BCUT2D eigenvalue weighted by atomic mass is 9.95. The van der Waals surface area contributed by atoms with E-state index >= 15 is 0 Å². The maximum atomic E-state index is 9.81. The highest BCUT2D eigenvalue weighted by atomic mass is 16.3. The molecule has 0 saturated heterocycles.